The van der Waals surface area contributed by atoms with E-state index in [0.717, 1.165) is 18.9 Å². The molecule has 0 radical (unpaired) electrons. The van der Waals surface area contributed by atoms with Crippen molar-refractivity contribution in [2.75, 3.05) is 6.61 Å². The molecule has 0 saturated heterocycles. The molecule has 0 heterocycles. The van der Waals surface area contributed by atoms with Crippen LogP contribution in [-0.2, 0) is 9.59 Å². The van der Waals surface area contributed by atoms with Crippen LogP contribution in [0.25, 0.3) is 6.08 Å². The van der Waals surface area contributed by atoms with E-state index in [0.29, 0.717) is 30.8 Å². The van der Waals surface area contributed by atoms with Crippen molar-refractivity contribution in [1.29, 1.82) is 0 Å². The Labute approximate surface area is 140 Å². The molecule has 1 aliphatic rings. The van der Waals surface area contributed by atoms with E-state index in [1.807, 2.05) is 0 Å². The van der Waals surface area contributed by atoms with Gasteiger partial charge in [-0.2, -0.15) is 0 Å². The molecule has 1 aliphatic carbocycles. The second kappa shape index (κ2) is 7.38. The number of phenols is 1. The summed E-state index contributed by atoms with van der Waals surface area (Å²) in [5.41, 5.74) is -0.0347. The molecular formula is C18H22O6. The molecule has 1 aromatic rings. The zero-order valence-electron chi connectivity index (χ0n) is 13.6. The number of hydrogen-bond donors (Lipinski definition) is 3. The van der Waals surface area contributed by atoms with Gasteiger partial charge in [0.1, 0.15) is 0 Å². The lowest BCUT2D eigenvalue weighted by Gasteiger charge is -2.33. The number of benzene rings is 1. The third-order valence-corrected chi connectivity index (χ3v) is 4.60. The van der Waals surface area contributed by atoms with Gasteiger partial charge < -0.3 is 20.1 Å². The number of aliphatic carboxylic acids is 2. The average molecular weight is 334 g/mol. The zero-order chi connectivity index (χ0) is 17.7. The number of carbonyl (C=O) groups is 2. The van der Waals surface area contributed by atoms with Crippen molar-refractivity contribution < 1.29 is 29.6 Å². The summed E-state index contributed by atoms with van der Waals surface area (Å²) in [7, 11) is 0. The summed E-state index contributed by atoms with van der Waals surface area (Å²) in [5, 5.41) is 27.7. The standard InChI is InChI=1S/C18H22O6/c1-18(17(22)23)8-6-13(7-9-18)11-24-15-10-12(2-4-14(15)19)3-5-16(20)21/h2-5,10,13,19H,6-9,11H2,1H3,(H,20,21)(H,22,23)/b5-3+. The van der Waals surface area contributed by atoms with Crippen LogP contribution in [0.1, 0.15) is 38.2 Å². The van der Waals surface area contributed by atoms with Gasteiger partial charge in [-0.3, -0.25) is 4.79 Å². The van der Waals surface area contributed by atoms with Gasteiger partial charge >= 0.3 is 11.9 Å². The Bertz CT molecular complexity index is 641. The lowest BCUT2D eigenvalue weighted by molar-refractivity contribution is -0.150. The Balaban J connectivity index is 1.94. The lowest BCUT2D eigenvalue weighted by atomic mass is 9.72. The van der Waals surface area contributed by atoms with Crippen LogP contribution >= 0.6 is 0 Å². The Morgan fingerprint density at radius 3 is 2.54 bits per heavy atom. The van der Waals surface area contributed by atoms with Crippen molar-refractivity contribution in [2.24, 2.45) is 11.3 Å². The molecule has 3 N–H and O–H groups in total. The normalized spacial score (nSPS) is 24.0. The predicted octanol–water partition coefficient (Wildman–Crippen LogP) is 3.15. The van der Waals surface area contributed by atoms with E-state index in [4.69, 9.17) is 9.84 Å². The lowest BCUT2D eigenvalue weighted by Crippen LogP contribution is -2.33. The van der Waals surface area contributed by atoms with Gasteiger partial charge in [0, 0.05) is 6.08 Å². The molecular weight excluding hydrogens is 312 g/mol. The topological polar surface area (TPSA) is 104 Å². The van der Waals surface area contributed by atoms with E-state index in [1.165, 1.54) is 12.1 Å². The minimum Gasteiger partial charge on any atom is -0.504 e. The highest BCUT2D eigenvalue weighted by Gasteiger charge is 2.37. The second-order valence-electron chi connectivity index (χ2n) is 6.52. The zero-order valence-corrected chi connectivity index (χ0v) is 13.6. The first-order valence-corrected chi connectivity index (χ1v) is 7.90. The van der Waals surface area contributed by atoms with Crippen LogP contribution in [0.2, 0.25) is 0 Å². The van der Waals surface area contributed by atoms with Crippen molar-refractivity contribution in [3.8, 4) is 11.5 Å². The number of ether oxygens (including phenoxy) is 1. The van der Waals surface area contributed by atoms with Crippen molar-refractivity contribution in [3.63, 3.8) is 0 Å². The first kappa shape index (κ1) is 17.8. The largest absolute Gasteiger partial charge is 0.504 e. The SMILES string of the molecule is CC1(C(=O)O)CCC(COc2cc(/C=C/C(=O)O)ccc2O)CC1. The molecule has 2 rings (SSSR count). The predicted molar refractivity (Wildman–Crippen MR) is 88.0 cm³/mol. The Morgan fingerprint density at radius 1 is 1.29 bits per heavy atom. The summed E-state index contributed by atoms with van der Waals surface area (Å²) in [6, 6.07) is 4.64. The molecule has 0 unspecified atom stereocenters. The monoisotopic (exact) mass is 334 g/mol. The van der Waals surface area contributed by atoms with E-state index >= 15 is 0 Å². The minimum absolute atomic E-state index is 0.00587. The molecule has 6 nitrogen and oxygen atoms in total. The van der Waals surface area contributed by atoms with Gasteiger partial charge in [-0.25, -0.2) is 4.79 Å². The van der Waals surface area contributed by atoms with Crippen LogP contribution < -0.4 is 4.74 Å². The highest BCUT2D eigenvalue weighted by atomic mass is 16.5. The van der Waals surface area contributed by atoms with E-state index in [1.54, 1.807) is 19.1 Å². The molecule has 0 spiro atoms. The first-order valence-electron chi connectivity index (χ1n) is 7.90. The van der Waals surface area contributed by atoms with Gasteiger partial charge in [0.2, 0.25) is 0 Å². The average Bonchev–Trinajstić information content (AvgIpc) is 2.54. The highest BCUT2D eigenvalue weighted by Crippen LogP contribution is 2.39. The first-order chi connectivity index (χ1) is 11.3. The van der Waals surface area contributed by atoms with Crippen LogP contribution in [-0.4, -0.2) is 33.9 Å². The fourth-order valence-corrected chi connectivity index (χ4v) is 2.82. The van der Waals surface area contributed by atoms with Crippen LogP contribution in [0.3, 0.4) is 0 Å². The van der Waals surface area contributed by atoms with Crippen molar-refractivity contribution in [2.45, 2.75) is 32.6 Å². The molecule has 0 atom stereocenters. The molecule has 0 amide bonds. The smallest absolute Gasteiger partial charge is 0.328 e. The number of aromatic hydroxyl groups is 1. The fraction of sp³-hybridized carbons (Fsp3) is 0.444. The van der Waals surface area contributed by atoms with Gasteiger partial charge in [-0.15, -0.1) is 0 Å². The summed E-state index contributed by atoms with van der Waals surface area (Å²) in [6.07, 6.45) is 5.20. The highest BCUT2D eigenvalue weighted by molar-refractivity contribution is 5.85. The summed E-state index contributed by atoms with van der Waals surface area (Å²) in [6.45, 7) is 2.17. The third-order valence-electron chi connectivity index (χ3n) is 4.60. The summed E-state index contributed by atoms with van der Waals surface area (Å²) in [4.78, 5) is 21.8. The van der Waals surface area contributed by atoms with Crippen LogP contribution in [0, 0.1) is 11.3 Å². The van der Waals surface area contributed by atoms with Gasteiger partial charge in [0.25, 0.3) is 0 Å². The molecule has 0 aliphatic heterocycles. The maximum atomic E-state index is 11.2. The number of rotatable bonds is 6. The molecule has 0 bridgehead atoms. The number of carboxylic acid groups (broad SMARTS) is 2. The van der Waals surface area contributed by atoms with Gasteiger partial charge in [0.05, 0.1) is 12.0 Å². The van der Waals surface area contributed by atoms with E-state index in [2.05, 4.69) is 0 Å². The Morgan fingerprint density at radius 2 is 1.96 bits per heavy atom. The van der Waals surface area contributed by atoms with Crippen LogP contribution in [0.15, 0.2) is 24.3 Å². The van der Waals surface area contributed by atoms with Crippen LogP contribution in [0.5, 0.6) is 11.5 Å². The molecule has 24 heavy (non-hydrogen) atoms. The maximum Gasteiger partial charge on any atom is 0.328 e. The van der Waals surface area contributed by atoms with Crippen LogP contribution in [0.4, 0.5) is 0 Å². The van der Waals surface area contributed by atoms with Gasteiger partial charge in [-0.05, 0) is 62.3 Å². The third kappa shape index (κ3) is 4.50. The number of hydrogen-bond acceptors (Lipinski definition) is 4. The fourth-order valence-electron chi connectivity index (χ4n) is 2.82. The summed E-state index contributed by atoms with van der Waals surface area (Å²) < 4.78 is 5.67. The molecule has 1 fully saturated rings. The second-order valence-corrected chi connectivity index (χ2v) is 6.52. The van der Waals surface area contributed by atoms with Crippen molar-refractivity contribution in [3.05, 3.63) is 29.8 Å². The maximum absolute atomic E-state index is 11.2. The number of phenolic OH excluding ortho intramolecular Hbond substituents is 1. The van der Waals surface area contributed by atoms with Gasteiger partial charge in [0.15, 0.2) is 11.5 Å². The van der Waals surface area contributed by atoms with E-state index in [9.17, 15) is 19.8 Å². The molecule has 6 heteroatoms. The molecule has 1 saturated carbocycles. The van der Waals surface area contributed by atoms with E-state index < -0.39 is 17.4 Å². The number of carboxylic acids is 2. The van der Waals surface area contributed by atoms with E-state index in [-0.39, 0.29) is 11.7 Å². The quantitative estimate of drug-likeness (QED) is 0.690. The summed E-state index contributed by atoms with van der Waals surface area (Å²) >= 11 is 0. The van der Waals surface area contributed by atoms with Gasteiger partial charge in [-0.1, -0.05) is 6.07 Å². The van der Waals surface area contributed by atoms with Crippen molar-refractivity contribution >= 4 is 18.0 Å². The molecule has 0 aromatic heterocycles. The summed E-state index contributed by atoms with van der Waals surface area (Å²) in [5.74, 6) is -1.26. The molecule has 1 aromatic carbocycles. The Hall–Kier alpha value is -2.50. The molecule has 130 valence electrons. The minimum atomic E-state index is -1.05. The van der Waals surface area contributed by atoms with Crippen molar-refractivity contribution in [1.82, 2.24) is 0 Å². The Kier molecular flexibility index (Phi) is 5.49.